The zero-order chi connectivity index (χ0) is 16.1. The predicted octanol–water partition coefficient (Wildman–Crippen LogP) is 2.86. The van der Waals surface area contributed by atoms with Gasteiger partial charge in [0, 0.05) is 0 Å². The molecule has 0 saturated heterocycles. The Hall–Kier alpha value is -2.02. The summed E-state index contributed by atoms with van der Waals surface area (Å²) in [5.74, 6) is 1.70. The Balaban J connectivity index is 1.94. The molecule has 7 heteroatoms. The number of nitrogens with zero attached hydrogens (tertiary/aromatic N) is 2. The quantitative estimate of drug-likeness (QED) is 0.800. The van der Waals surface area contributed by atoms with Gasteiger partial charge in [-0.1, -0.05) is 30.8 Å². The van der Waals surface area contributed by atoms with Crippen molar-refractivity contribution in [2.75, 3.05) is 17.7 Å². The molecule has 1 aromatic heterocycles. The first-order valence-electron chi connectivity index (χ1n) is 7.06. The molecule has 0 spiro atoms. The van der Waals surface area contributed by atoms with Crippen molar-refractivity contribution in [3.05, 3.63) is 28.8 Å². The fourth-order valence-electron chi connectivity index (χ4n) is 1.95. The van der Waals surface area contributed by atoms with E-state index in [9.17, 15) is 4.79 Å². The molecule has 2 rings (SSSR count). The zero-order valence-corrected chi connectivity index (χ0v) is 14.0. The molecule has 22 heavy (non-hydrogen) atoms. The van der Waals surface area contributed by atoms with Crippen LogP contribution in [0.1, 0.15) is 23.6 Å². The highest BCUT2D eigenvalue weighted by molar-refractivity contribution is 7.99. The summed E-state index contributed by atoms with van der Waals surface area (Å²) >= 11 is 1.50. The van der Waals surface area contributed by atoms with Gasteiger partial charge < -0.3 is 4.74 Å². The maximum Gasteiger partial charge on any atom is 0.264 e. The average molecular weight is 320 g/mol. The highest BCUT2D eigenvalue weighted by atomic mass is 32.2. The van der Waals surface area contributed by atoms with Crippen molar-refractivity contribution in [2.24, 2.45) is 0 Å². The minimum absolute atomic E-state index is 0.0674. The van der Waals surface area contributed by atoms with Crippen molar-refractivity contribution in [3.8, 4) is 5.75 Å². The van der Waals surface area contributed by atoms with E-state index in [2.05, 4.69) is 20.5 Å². The fraction of sp³-hybridized carbons (Fsp3) is 0.400. The van der Waals surface area contributed by atoms with Crippen LogP contribution < -0.4 is 10.1 Å². The van der Waals surface area contributed by atoms with Gasteiger partial charge in [0.15, 0.2) is 6.61 Å². The van der Waals surface area contributed by atoms with Crippen molar-refractivity contribution in [1.29, 1.82) is 0 Å². The molecule has 118 valence electrons. The topological polar surface area (TPSA) is 79.9 Å². The van der Waals surface area contributed by atoms with E-state index in [0.717, 1.165) is 28.2 Å². The number of anilines is 1. The van der Waals surface area contributed by atoms with Crippen LogP contribution in [0.2, 0.25) is 0 Å². The van der Waals surface area contributed by atoms with Gasteiger partial charge in [-0.05, 0) is 43.2 Å². The van der Waals surface area contributed by atoms with Gasteiger partial charge in [-0.15, -0.1) is 5.10 Å². The summed E-state index contributed by atoms with van der Waals surface area (Å²) in [5.41, 5.74) is 3.20. The van der Waals surface area contributed by atoms with Crippen LogP contribution in [0.25, 0.3) is 0 Å². The number of hydrogen-bond donors (Lipinski definition) is 2. The molecule has 6 nitrogen and oxygen atoms in total. The van der Waals surface area contributed by atoms with E-state index in [1.54, 1.807) is 0 Å². The Morgan fingerprint density at radius 2 is 2.05 bits per heavy atom. The number of H-pyrrole nitrogens is 1. The number of hydrogen-bond acceptors (Lipinski definition) is 5. The predicted molar refractivity (Wildman–Crippen MR) is 87.6 cm³/mol. The molecule has 0 atom stereocenters. The first-order chi connectivity index (χ1) is 10.5. The van der Waals surface area contributed by atoms with Crippen LogP contribution in [0.4, 0.5) is 5.95 Å². The second-order valence-electron chi connectivity index (χ2n) is 4.89. The van der Waals surface area contributed by atoms with E-state index >= 15 is 0 Å². The van der Waals surface area contributed by atoms with E-state index in [1.807, 2.05) is 39.8 Å². The third-order valence-corrected chi connectivity index (χ3v) is 3.95. The first kappa shape index (κ1) is 16.4. The highest BCUT2D eigenvalue weighted by Crippen LogP contribution is 2.25. The van der Waals surface area contributed by atoms with Crippen molar-refractivity contribution in [2.45, 2.75) is 32.9 Å². The fourth-order valence-corrected chi connectivity index (χ4v) is 2.47. The molecule has 1 heterocycles. The lowest BCUT2D eigenvalue weighted by Gasteiger charge is -2.13. The third kappa shape index (κ3) is 4.00. The Labute approximate surface area is 134 Å². The van der Waals surface area contributed by atoms with Gasteiger partial charge in [-0.25, -0.2) is 5.10 Å². The molecule has 2 N–H and O–H groups in total. The number of thioether (sulfide) groups is 1. The van der Waals surface area contributed by atoms with Gasteiger partial charge in [0.1, 0.15) is 5.75 Å². The highest BCUT2D eigenvalue weighted by Gasteiger charge is 2.11. The van der Waals surface area contributed by atoms with Crippen LogP contribution in [0, 0.1) is 20.8 Å². The van der Waals surface area contributed by atoms with Crippen LogP contribution in [-0.2, 0) is 4.79 Å². The van der Waals surface area contributed by atoms with E-state index in [4.69, 9.17) is 4.74 Å². The summed E-state index contributed by atoms with van der Waals surface area (Å²) in [4.78, 5) is 16.1. The van der Waals surface area contributed by atoms with Gasteiger partial charge in [0.25, 0.3) is 5.91 Å². The molecular formula is C15H20N4O2S. The SMILES string of the molecule is CCSc1n[nH]c(NC(=O)COc2c(C)ccc(C)c2C)n1. The molecule has 0 bridgehead atoms. The lowest BCUT2D eigenvalue weighted by Crippen LogP contribution is -2.21. The smallest absolute Gasteiger partial charge is 0.264 e. The van der Waals surface area contributed by atoms with Gasteiger partial charge in [-0.3, -0.25) is 10.1 Å². The number of nitrogens with one attached hydrogen (secondary N) is 2. The zero-order valence-electron chi connectivity index (χ0n) is 13.2. The summed E-state index contributed by atoms with van der Waals surface area (Å²) in [6.07, 6.45) is 0. The lowest BCUT2D eigenvalue weighted by atomic mass is 10.1. The Morgan fingerprint density at radius 1 is 1.32 bits per heavy atom. The molecule has 0 radical (unpaired) electrons. The van der Waals surface area contributed by atoms with Crippen LogP contribution in [0.3, 0.4) is 0 Å². The van der Waals surface area contributed by atoms with Gasteiger partial charge >= 0.3 is 0 Å². The number of benzene rings is 1. The van der Waals surface area contributed by atoms with Crippen molar-refractivity contribution in [3.63, 3.8) is 0 Å². The van der Waals surface area contributed by atoms with Crippen molar-refractivity contribution < 1.29 is 9.53 Å². The van der Waals surface area contributed by atoms with Gasteiger partial charge in [0.2, 0.25) is 11.1 Å². The number of ether oxygens (including phenoxy) is 1. The van der Waals surface area contributed by atoms with E-state index in [-0.39, 0.29) is 12.5 Å². The molecule has 1 amide bonds. The summed E-state index contributed by atoms with van der Waals surface area (Å²) in [5, 5.41) is 9.92. The molecule has 2 aromatic rings. The van der Waals surface area contributed by atoms with Crippen molar-refractivity contribution >= 4 is 23.6 Å². The number of aromatic nitrogens is 3. The van der Waals surface area contributed by atoms with Crippen molar-refractivity contribution in [1.82, 2.24) is 15.2 Å². The molecule has 0 aliphatic heterocycles. The number of rotatable bonds is 6. The summed E-state index contributed by atoms with van der Waals surface area (Å²) in [6, 6.07) is 4.03. The lowest BCUT2D eigenvalue weighted by molar-refractivity contribution is -0.118. The summed E-state index contributed by atoms with van der Waals surface area (Å²) < 4.78 is 5.66. The molecule has 0 aliphatic rings. The second-order valence-corrected chi connectivity index (χ2v) is 6.12. The number of carbonyl (C=O) groups is 1. The molecular weight excluding hydrogens is 300 g/mol. The average Bonchev–Trinajstić information content (AvgIpc) is 2.91. The third-order valence-electron chi connectivity index (χ3n) is 3.22. The summed E-state index contributed by atoms with van der Waals surface area (Å²) in [6.45, 7) is 7.91. The van der Waals surface area contributed by atoms with Gasteiger partial charge in [0.05, 0.1) is 0 Å². The minimum atomic E-state index is -0.274. The number of aromatic amines is 1. The standard InChI is InChI=1S/C15H20N4O2S/c1-5-22-15-17-14(18-19-15)16-12(20)8-21-13-10(3)7-6-9(2)11(13)4/h6-7H,5,8H2,1-4H3,(H2,16,17,18,19,20). The van der Waals surface area contributed by atoms with Gasteiger partial charge in [-0.2, -0.15) is 4.98 Å². The largest absolute Gasteiger partial charge is 0.483 e. The minimum Gasteiger partial charge on any atom is -0.483 e. The number of carbonyl (C=O) groups excluding carboxylic acids is 1. The maximum absolute atomic E-state index is 11.9. The molecule has 0 unspecified atom stereocenters. The first-order valence-corrected chi connectivity index (χ1v) is 8.04. The van der Waals surface area contributed by atoms with Crippen LogP contribution in [0.5, 0.6) is 5.75 Å². The Kier molecular flexibility index (Phi) is 5.43. The second kappa shape index (κ2) is 7.31. The van der Waals surface area contributed by atoms with E-state index in [0.29, 0.717) is 11.1 Å². The van der Waals surface area contributed by atoms with Crippen LogP contribution >= 0.6 is 11.8 Å². The normalized spacial score (nSPS) is 10.5. The maximum atomic E-state index is 11.9. The molecule has 1 aromatic carbocycles. The van der Waals surface area contributed by atoms with Crippen LogP contribution in [-0.4, -0.2) is 33.4 Å². The Bertz CT molecular complexity index is 670. The molecule has 0 saturated carbocycles. The molecule has 0 aliphatic carbocycles. The number of amides is 1. The van der Waals surface area contributed by atoms with E-state index < -0.39 is 0 Å². The monoisotopic (exact) mass is 320 g/mol. The number of aryl methyl sites for hydroxylation is 2. The van der Waals surface area contributed by atoms with E-state index in [1.165, 1.54) is 11.8 Å². The summed E-state index contributed by atoms with van der Waals surface area (Å²) in [7, 11) is 0. The molecule has 0 fully saturated rings. The Morgan fingerprint density at radius 3 is 2.77 bits per heavy atom. The van der Waals surface area contributed by atoms with Crippen LogP contribution in [0.15, 0.2) is 17.3 Å².